The second-order valence-electron chi connectivity index (χ2n) is 5.68. The molecule has 136 valence electrons. The molecule has 0 aromatic heterocycles. The van der Waals surface area contributed by atoms with Crippen LogP contribution in [0.1, 0.15) is 16.7 Å². The van der Waals surface area contributed by atoms with Crippen LogP contribution in [0.4, 0.5) is 0 Å². The highest BCUT2D eigenvalue weighted by atomic mass is 79.9. The molecule has 0 atom stereocenters. The normalized spacial score (nSPS) is 12.5. The summed E-state index contributed by atoms with van der Waals surface area (Å²) in [7, 11) is 0. The molecule has 2 aromatic carbocycles. The Morgan fingerprint density at radius 3 is 2.62 bits per heavy atom. The predicted octanol–water partition coefficient (Wildman–Crippen LogP) is 3.98. The van der Waals surface area contributed by atoms with E-state index in [2.05, 4.69) is 26.5 Å². The predicted molar refractivity (Wildman–Crippen MR) is 102 cm³/mol. The number of rotatable bonds is 5. The number of nitrogens with one attached hydrogen (secondary N) is 1. The summed E-state index contributed by atoms with van der Waals surface area (Å²) in [6.07, 6.45) is 1.44. The zero-order valence-electron chi connectivity index (χ0n) is 14.1. The third kappa shape index (κ3) is 4.28. The number of aryl methyl sites for hydroxylation is 2. The number of nitrogens with zero attached hydrogens (tertiary/aromatic N) is 1. The number of hydrogen-bond donors (Lipinski definition) is 1. The molecule has 8 heteroatoms. The first-order valence-electron chi connectivity index (χ1n) is 7.74. The van der Waals surface area contributed by atoms with E-state index in [-0.39, 0.29) is 19.3 Å². The minimum Gasteiger partial charge on any atom is -0.483 e. The lowest BCUT2D eigenvalue weighted by Gasteiger charge is -2.11. The van der Waals surface area contributed by atoms with Crippen molar-refractivity contribution in [3.8, 4) is 17.2 Å². The molecule has 1 aliphatic heterocycles. The minimum atomic E-state index is -0.375. The molecule has 1 N–H and O–H groups in total. The second kappa shape index (κ2) is 7.97. The average Bonchev–Trinajstić information content (AvgIpc) is 3.01. The smallest absolute Gasteiger partial charge is 0.277 e. The Bertz CT molecular complexity index is 863. The maximum Gasteiger partial charge on any atom is 0.277 e. The summed E-state index contributed by atoms with van der Waals surface area (Å²) in [5.74, 6) is 1.49. The van der Waals surface area contributed by atoms with Crippen LogP contribution in [0.5, 0.6) is 17.2 Å². The van der Waals surface area contributed by atoms with Crippen molar-refractivity contribution in [2.24, 2.45) is 5.10 Å². The van der Waals surface area contributed by atoms with Crippen LogP contribution < -0.4 is 19.6 Å². The highest BCUT2D eigenvalue weighted by Crippen LogP contribution is 2.36. The molecule has 0 bridgehead atoms. The van der Waals surface area contributed by atoms with E-state index in [0.717, 1.165) is 15.6 Å². The lowest BCUT2D eigenvalue weighted by Crippen LogP contribution is -2.25. The van der Waals surface area contributed by atoms with E-state index < -0.39 is 0 Å². The average molecular weight is 440 g/mol. The van der Waals surface area contributed by atoms with Crippen molar-refractivity contribution in [1.29, 1.82) is 0 Å². The van der Waals surface area contributed by atoms with Crippen molar-refractivity contribution < 1.29 is 19.0 Å². The molecule has 6 nitrogen and oxygen atoms in total. The van der Waals surface area contributed by atoms with Gasteiger partial charge in [0, 0.05) is 16.1 Å². The van der Waals surface area contributed by atoms with E-state index in [9.17, 15) is 4.79 Å². The Morgan fingerprint density at radius 2 is 1.92 bits per heavy atom. The second-order valence-corrected chi connectivity index (χ2v) is 7.00. The number of fused-ring (bicyclic) bond motifs is 1. The molecule has 0 radical (unpaired) electrons. The summed E-state index contributed by atoms with van der Waals surface area (Å²) in [4.78, 5) is 11.9. The molecule has 0 fully saturated rings. The molecular formula is C18H16BrClN2O4. The minimum absolute atomic E-state index is 0.143. The Balaban J connectivity index is 1.57. The monoisotopic (exact) mass is 438 g/mol. The van der Waals surface area contributed by atoms with Gasteiger partial charge in [0.15, 0.2) is 18.1 Å². The molecular weight excluding hydrogens is 424 g/mol. The number of amides is 1. The first kappa shape index (κ1) is 18.5. The number of hydrogen-bond acceptors (Lipinski definition) is 5. The van der Waals surface area contributed by atoms with Crippen molar-refractivity contribution in [2.75, 3.05) is 13.4 Å². The van der Waals surface area contributed by atoms with Crippen LogP contribution in [0.15, 0.2) is 33.8 Å². The maximum atomic E-state index is 11.9. The summed E-state index contributed by atoms with van der Waals surface area (Å²) in [6, 6.07) is 7.21. The van der Waals surface area contributed by atoms with Gasteiger partial charge in [-0.3, -0.25) is 4.79 Å². The van der Waals surface area contributed by atoms with Crippen LogP contribution in [0.25, 0.3) is 0 Å². The maximum absolute atomic E-state index is 11.9. The molecule has 1 amide bonds. The standard InChI is InChI=1S/C18H16BrClN2O4/c1-10-3-13(19)4-11(2)18(10)24-8-17(23)22-21-7-12-5-15-16(6-14(12)20)26-9-25-15/h3-7H,8-9H2,1-2H3,(H,22,23)/b21-7+. The van der Waals surface area contributed by atoms with E-state index in [1.165, 1.54) is 6.21 Å². The van der Waals surface area contributed by atoms with Crippen LogP contribution >= 0.6 is 27.5 Å². The van der Waals surface area contributed by atoms with E-state index in [1.54, 1.807) is 12.1 Å². The summed E-state index contributed by atoms with van der Waals surface area (Å²) in [6.45, 7) is 3.86. The van der Waals surface area contributed by atoms with Gasteiger partial charge in [-0.25, -0.2) is 5.43 Å². The van der Waals surface area contributed by atoms with Gasteiger partial charge < -0.3 is 14.2 Å². The van der Waals surface area contributed by atoms with E-state index >= 15 is 0 Å². The molecule has 3 rings (SSSR count). The van der Waals surface area contributed by atoms with Crippen molar-refractivity contribution in [1.82, 2.24) is 5.43 Å². The van der Waals surface area contributed by atoms with Crippen molar-refractivity contribution in [3.63, 3.8) is 0 Å². The Labute approximate surface area is 164 Å². The highest BCUT2D eigenvalue weighted by molar-refractivity contribution is 9.10. The van der Waals surface area contributed by atoms with Gasteiger partial charge in [-0.15, -0.1) is 0 Å². The van der Waals surface area contributed by atoms with Crippen LogP contribution in [0, 0.1) is 13.8 Å². The fraction of sp³-hybridized carbons (Fsp3) is 0.222. The molecule has 26 heavy (non-hydrogen) atoms. The third-order valence-electron chi connectivity index (χ3n) is 3.66. The largest absolute Gasteiger partial charge is 0.483 e. The van der Waals surface area contributed by atoms with E-state index in [4.69, 9.17) is 25.8 Å². The summed E-state index contributed by atoms with van der Waals surface area (Å²) in [5, 5.41) is 4.35. The first-order chi connectivity index (χ1) is 12.4. The van der Waals surface area contributed by atoms with Crippen LogP contribution in [-0.4, -0.2) is 25.5 Å². The summed E-state index contributed by atoms with van der Waals surface area (Å²) in [5.41, 5.74) is 4.91. The number of halogens is 2. The van der Waals surface area contributed by atoms with Gasteiger partial charge in [0.05, 0.1) is 11.2 Å². The molecule has 0 saturated heterocycles. The number of benzene rings is 2. The molecule has 2 aromatic rings. The number of ether oxygens (including phenoxy) is 3. The quantitative estimate of drug-likeness (QED) is 0.565. The van der Waals surface area contributed by atoms with E-state index in [0.29, 0.717) is 27.8 Å². The van der Waals surface area contributed by atoms with Gasteiger partial charge >= 0.3 is 0 Å². The first-order valence-corrected chi connectivity index (χ1v) is 8.91. The molecule has 0 unspecified atom stereocenters. The zero-order chi connectivity index (χ0) is 18.7. The lowest BCUT2D eigenvalue weighted by atomic mass is 10.1. The number of carbonyl (C=O) groups is 1. The number of hydrazone groups is 1. The Hall–Kier alpha value is -2.25. The molecule has 0 aliphatic carbocycles. The van der Waals surface area contributed by atoms with Gasteiger partial charge in [0.1, 0.15) is 5.75 Å². The van der Waals surface area contributed by atoms with Crippen molar-refractivity contribution >= 4 is 39.7 Å². The van der Waals surface area contributed by atoms with Crippen LogP contribution in [-0.2, 0) is 4.79 Å². The van der Waals surface area contributed by atoms with Gasteiger partial charge in [-0.2, -0.15) is 5.10 Å². The van der Waals surface area contributed by atoms with Gasteiger partial charge in [-0.1, -0.05) is 27.5 Å². The SMILES string of the molecule is Cc1cc(Br)cc(C)c1OCC(=O)N/N=C/c1cc2c(cc1Cl)OCO2. The third-order valence-corrected chi connectivity index (χ3v) is 4.44. The fourth-order valence-electron chi connectivity index (χ4n) is 2.50. The summed E-state index contributed by atoms with van der Waals surface area (Å²) >= 11 is 9.57. The topological polar surface area (TPSA) is 69.2 Å². The van der Waals surface area contributed by atoms with E-state index in [1.807, 2.05) is 26.0 Å². The Kier molecular flexibility index (Phi) is 5.68. The fourth-order valence-corrected chi connectivity index (χ4v) is 3.39. The molecule has 1 heterocycles. The van der Waals surface area contributed by atoms with Crippen molar-refractivity contribution in [3.05, 3.63) is 50.5 Å². The molecule has 0 saturated carbocycles. The Morgan fingerprint density at radius 1 is 1.27 bits per heavy atom. The molecule has 0 spiro atoms. The highest BCUT2D eigenvalue weighted by Gasteiger charge is 2.15. The summed E-state index contributed by atoms with van der Waals surface area (Å²) < 4.78 is 17.1. The van der Waals surface area contributed by atoms with Crippen LogP contribution in [0.2, 0.25) is 5.02 Å². The van der Waals surface area contributed by atoms with Crippen molar-refractivity contribution in [2.45, 2.75) is 13.8 Å². The van der Waals surface area contributed by atoms with Gasteiger partial charge in [0.2, 0.25) is 6.79 Å². The number of carbonyl (C=O) groups excluding carboxylic acids is 1. The molecule has 1 aliphatic rings. The lowest BCUT2D eigenvalue weighted by molar-refractivity contribution is -0.123. The zero-order valence-corrected chi connectivity index (χ0v) is 16.5. The van der Waals surface area contributed by atoms with Crippen LogP contribution in [0.3, 0.4) is 0 Å². The van der Waals surface area contributed by atoms with Gasteiger partial charge in [0.25, 0.3) is 5.91 Å². The van der Waals surface area contributed by atoms with Gasteiger partial charge in [-0.05, 0) is 43.2 Å².